The van der Waals surface area contributed by atoms with Crippen molar-refractivity contribution >= 4 is 11.8 Å². The highest BCUT2D eigenvalue weighted by molar-refractivity contribution is 5.93. The maximum absolute atomic E-state index is 12.8. The number of hydrogen-bond acceptors (Lipinski definition) is 2. The van der Waals surface area contributed by atoms with Crippen LogP contribution in [0.5, 0.6) is 0 Å². The van der Waals surface area contributed by atoms with Crippen LogP contribution in [-0.2, 0) is 18.3 Å². The van der Waals surface area contributed by atoms with Crippen molar-refractivity contribution in [2.45, 2.75) is 45.4 Å². The van der Waals surface area contributed by atoms with E-state index in [1.807, 2.05) is 33.7 Å². The van der Waals surface area contributed by atoms with E-state index in [9.17, 15) is 9.59 Å². The summed E-state index contributed by atoms with van der Waals surface area (Å²) in [6.45, 7) is 5.73. The molecule has 2 amide bonds. The lowest BCUT2D eigenvalue weighted by Crippen LogP contribution is -2.39. The maximum Gasteiger partial charge on any atom is 0.270 e. The molecule has 3 heterocycles. The molecule has 24 heavy (non-hydrogen) atoms. The number of carbonyl (C=O) groups is 2. The fourth-order valence-electron chi connectivity index (χ4n) is 3.89. The molecule has 1 atom stereocenters. The van der Waals surface area contributed by atoms with Crippen molar-refractivity contribution in [3.05, 3.63) is 23.5 Å². The van der Waals surface area contributed by atoms with E-state index >= 15 is 0 Å². The van der Waals surface area contributed by atoms with E-state index in [0.717, 1.165) is 56.7 Å². The Kier molecular flexibility index (Phi) is 5.27. The SMILES string of the molecule is C[C@@H]1CCCN(C(=O)c2cc(CCC(=O)N3CCCC3)cn2C)C1. The van der Waals surface area contributed by atoms with Gasteiger partial charge >= 0.3 is 0 Å². The molecule has 0 N–H and O–H groups in total. The lowest BCUT2D eigenvalue weighted by Gasteiger charge is -2.31. The van der Waals surface area contributed by atoms with Crippen molar-refractivity contribution in [2.75, 3.05) is 26.2 Å². The number of hydrogen-bond donors (Lipinski definition) is 0. The molecule has 0 saturated carbocycles. The van der Waals surface area contributed by atoms with E-state index in [0.29, 0.717) is 18.8 Å². The lowest BCUT2D eigenvalue weighted by atomic mass is 10.00. The first-order chi connectivity index (χ1) is 11.5. The van der Waals surface area contributed by atoms with E-state index in [1.54, 1.807) is 0 Å². The molecule has 1 aromatic heterocycles. The van der Waals surface area contributed by atoms with Gasteiger partial charge in [0.25, 0.3) is 5.91 Å². The highest BCUT2D eigenvalue weighted by atomic mass is 16.2. The molecule has 2 fully saturated rings. The topological polar surface area (TPSA) is 45.6 Å². The summed E-state index contributed by atoms with van der Waals surface area (Å²) in [5.41, 5.74) is 1.83. The Bertz CT molecular complexity index is 602. The Balaban J connectivity index is 1.59. The van der Waals surface area contributed by atoms with Gasteiger partial charge in [-0.3, -0.25) is 9.59 Å². The quantitative estimate of drug-likeness (QED) is 0.851. The van der Waals surface area contributed by atoms with Gasteiger partial charge < -0.3 is 14.4 Å². The highest BCUT2D eigenvalue weighted by Gasteiger charge is 2.24. The van der Waals surface area contributed by atoms with E-state index < -0.39 is 0 Å². The number of amides is 2. The van der Waals surface area contributed by atoms with Gasteiger partial charge in [-0.2, -0.15) is 0 Å². The number of likely N-dealkylation sites (tertiary alicyclic amines) is 2. The summed E-state index contributed by atoms with van der Waals surface area (Å²) in [6, 6.07) is 1.97. The van der Waals surface area contributed by atoms with Gasteiger partial charge in [-0.05, 0) is 49.7 Å². The first-order valence-corrected chi connectivity index (χ1v) is 9.27. The van der Waals surface area contributed by atoms with Crippen LogP contribution < -0.4 is 0 Å². The predicted molar refractivity (Wildman–Crippen MR) is 93.8 cm³/mol. The predicted octanol–water partition coefficient (Wildman–Crippen LogP) is 2.45. The summed E-state index contributed by atoms with van der Waals surface area (Å²) in [7, 11) is 1.92. The molecule has 5 nitrogen and oxygen atoms in total. The molecule has 132 valence electrons. The zero-order chi connectivity index (χ0) is 17.1. The van der Waals surface area contributed by atoms with Crippen molar-refractivity contribution in [1.29, 1.82) is 0 Å². The van der Waals surface area contributed by atoms with E-state index in [1.165, 1.54) is 6.42 Å². The largest absolute Gasteiger partial charge is 0.346 e. The van der Waals surface area contributed by atoms with Gasteiger partial charge in [0.2, 0.25) is 5.91 Å². The van der Waals surface area contributed by atoms with Crippen molar-refractivity contribution in [3.8, 4) is 0 Å². The summed E-state index contributed by atoms with van der Waals surface area (Å²) < 4.78 is 1.91. The van der Waals surface area contributed by atoms with Crippen molar-refractivity contribution < 1.29 is 9.59 Å². The molecule has 0 aliphatic carbocycles. The number of rotatable bonds is 4. The first-order valence-electron chi connectivity index (χ1n) is 9.27. The normalized spacial score (nSPS) is 21.3. The Morgan fingerprint density at radius 1 is 1.12 bits per heavy atom. The number of carbonyl (C=O) groups excluding carboxylic acids is 2. The van der Waals surface area contributed by atoms with Gasteiger partial charge in [-0.15, -0.1) is 0 Å². The molecular weight excluding hydrogens is 302 g/mol. The van der Waals surface area contributed by atoms with Crippen molar-refractivity contribution in [1.82, 2.24) is 14.4 Å². The Morgan fingerprint density at radius 2 is 1.83 bits per heavy atom. The Hall–Kier alpha value is -1.78. The average Bonchev–Trinajstić information content (AvgIpc) is 3.21. The third kappa shape index (κ3) is 3.82. The lowest BCUT2D eigenvalue weighted by molar-refractivity contribution is -0.130. The molecule has 0 unspecified atom stereocenters. The van der Waals surface area contributed by atoms with Gasteiger partial charge in [0.1, 0.15) is 5.69 Å². The van der Waals surface area contributed by atoms with Crippen LogP contribution in [0, 0.1) is 5.92 Å². The molecule has 2 aliphatic rings. The van der Waals surface area contributed by atoms with Crippen LogP contribution in [0.2, 0.25) is 0 Å². The number of aryl methyl sites for hydroxylation is 2. The molecule has 0 spiro atoms. The van der Waals surface area contributed by atoms with Crippen LogP contribution in [0.15, 0.2) is 12.3 Å². The molecular formula is C19H29N3O2. The van der Waals surface area contributed by atoms with E-state index in [4.69, 9.17) is 0 Å². The van der Waals surface area contributed by atoms with Gasteiger partial charge in [0.05, 0.1) is 0 Å². The summed E-state index contributed by atoms with van der Waals surface area (Å²) >= 11 is 0. The number of nitrogens with zero attached hydrogens (tertiary/aromatic N) is 3. The first kappa shape index (κ1) is 17.1. The van der Waals surface area contributed by atoms with Crippen molar-refractivity contribution in [2.24, 2.45) is 13.0 Å². The van der Waals surface area contributed by atoms with Gasteiger partial charge in [0, 0.05) is 45.8 Å². The fourth-order valence-corrected chi connectivity index (χ4v) is 3.89. The molecule has 5 heteroatoms. The third-order valence-corrected chi connectivity index (χ3v) is 5.31. The zero-order valence-electron chi connectivity index (χ0n) is 15.0. The van der Waals surface area contributed by atoms with Crippen molar-refractivity contribution in [3.63, 3.8) is 0 Å². The molecule has 0 aromatic carbocycles. The molecule has 0 radical (unpaired) electrons. The standard InChI is InChI=1S/C19H29N3O2/c1-15-6-5-11-22(13-15)19(24)17-12-16(14-20(17)2)7-8-18(23)21-9-3-4-10-21/h12,14-15H,3-11,13H2,1-2H3/t15-/m1/s1. The second-order valence-corrected chi connectivity index (χ2v) is 7.43. The summed E-state index contributed by atoms with van der Waals surface area (Å²) in [6.07, 6.45) is 7.81. The van der Waals surface area contributed by atoms with Crippen LogP contribution in [-0.4, -0.2) is 52.4 Å². The average molecular weight is 331 g/mol. The van der Waals surface area contributed by atoms with Crippen LogP contribution in [0.3, 0.4) is 0 Å². The number of aromatic nitrogens is 1. The van der Waals surface area contributed by atoms with Gasteiger partial charge in [-0.25, -0.2) is 0 Å². The molecule has 2 aliphatic heterocycles. The number of piperidine rings is 1. The van der Waals surface area contributed by atoms with E-state index in [-0.39, 0.29) is 11.8 Å². The third-order valence-electron chi connectivity index (χ3n) is 5.31. The monoisotopic (exact) mass is 331 g/mol. The van der Waals surface area contributed by atoms with Gasteiger partial charge in [0.15, 0.2) is 0 Å². The second-order valence-electron chi connectivity index (χ2n) is 7.43. The molecule has 2 saturated heterocycles. The maximum atomic E-state index is 12.8. The zero-order valence-corrected chi connectivity index (χ0v) is 15.0. The van der Waals surface area contributed by atoms with Crippen LogP contribution in [0.1, 0.15) is 55.1 Å². The molecule has 0 bridgehead atoms. The Morgan fingerprint density at radius 3 is 2.54 bits per heavy atom. The smallest absolute Gasteiger partial charge is 0.270 e. The minimum absolute atomic E-state index is 0.126. The van der Waals surface area contributed by atoms with Crippen LogP contribution in [0.25, 0.3) is 0 Å². The molecule has 1 aromatic rings. The summed E-state index contributed by atoms with van der Waals surface area (Å²) in [5, 5.41) is 0. The van der Waals surface area contributed by atoms with Crippen LogP contribution >= 0.6 is 0 Å². The highest BCUT2D eigenvalue weighted by Crippen LogP contribution is 2.19. The second kappa shape index (κ2) is 7.41. The summed E-state index contributed by atoms with van der Waals surface area (Å²) in [5.74, 6) is 0.954. The van der Waals surface area contributed by atoms with Crippen LogP contribution in [0.4, 0.5) is 0 Å². The minimum atomic E-state index is 0.126. The Labute approximate surface area is 144 Å². The van der Waals surface area contributed by atoms with Gasteiger partial charge in [-0.1, -0.05) is 6.92 Å². The summed E-state index contributed by atoms with van der Waals surface area (Å²) in [4.78, 5) is 28.9. The fraction of sp³-hybridized carbons (Fsp3) is 0.684. The van der Waals surface area contributed by atoms with E-state index in [2.05, 4.69) is 6.92 Å². The molecule has 3 rings (SSSR count). The minimum Gasteiger partial charge on any atom is -0.346 e.